The van der Waals surface area contributed by atoms with Crippen LogP contribution in [0.5, 0.6) is 5.75 Å². The molecule has 2 aromatic rings. The van der Waals surface area contributed by atoms with Gasteiger partial charge in [0.1, 0.15) is 5.75 Å². The number of hydrogen-bond donors (Lipinski definition) is 1. The molecule has 0 bridgehead atoms. The Bertz CT molecular complexity index is 530. The van der Waals surface area contributed by atoms with E-state index in [1.807, 2.05) is 12.1 Å². The second kappa shape index (κ2) is 3.60. The van der Waals surface area contributed by atoms with E-state index < -0.39 is 0 Å². The number of nitrogens with one attached hydrogen (secondary N) is 1. The van der Waals surface area contributed by atoms with Gasteiger partial charge in [0.15, 0.2) is 12.2 Å². The third kappa shape index (κ3) is 1.61. The van der Waals surface area contributed by atoms with Crippen LogP contribution in [0.25, 0.3) is 11.3 Å². The zero-order chi connectivity index (χ0) is 11.9. The Hall–Kier alpha value is -1.81. The van der Waals surface area contributed by atoms with Crippen LogP contribution in [0, 0.1) is 0 Å². The summed E-state index contributed by atoms with van der Waals surface area (Å²) in [7, 11) is 1.68. The molecule has 1 aromatic carbocycles. The van der Waals surface area contributed by atoms with Crippen LogP contribution in [-0.2, 0) is 5.54 Å². The van der Waals surface area contributed by atoms with Crippen LogP contribution in [0.15, 0.2) is 35.2 Å². The zero-order valence-corrected chi connectivity index (χ0v) is 9.86. The van der Waals surface area contributed by atoms with Crippen molar-refractivity contribution in [3.63, 3.8) is 0 Å². The molecule has 1 unspecified atom stereocenters. The van der Waals surface area contributed by atoms with Gasteiger partial charge in [-0.1, -0.05) is 12.1 Å². The first-order valence-electron chi connectivity index (χ1n) is 5.56. The van der Waals surface area contributed by atoms with Gasteiger partial charge in [0.05, 0.1) is 24.4 Å². The highest BCUT2D eigenvalue weighted by atomic mass is 16.5. The number of rotatable bonds is 3. The summed E-state index contributed by atoms with van der Waals surface area (Å²) in [6, 6.07) is 6.08. The van der Waals surface area contributed by atoms with E-state index in [0.29, 0.717) is 0 Å². The summed E-state index contributed by atoms with van der Waals surface area (Å²) in [6.45, 7) is 3.14. The van der Waals surface area contributed by atoms with Crippen LogP contribution >= 0.6 is 0 Å². The predicted octanol–water partition coefficient (Wildman–Crippen LogP) is 2.17. The van der Waals surface area contributed by atoms with E-state index in [1.165, 1.54) is 6.39 Å². The molecule has 4 heteroatoms. The summed E-state index contributed by atoms with van der Waals surface area (Å²) in [5, 5.41) is 3.35. The Kier molecular flexibility index (Phi) is 2.19. The molecule has 1 N–H and O–H groups in total. The first kappa shape index (κ1) is 10.4. The highest BCUT2D eigenvalue weighted by Gasteiger charge is 2.41. The van der Waals surface area contributed by atoms with E-state index in [-0.39, 0.29) is 5.54 Å². The van der Waals surface area contributed by atoms with Gasteiger partial charge < -0.3 is 14.5 Å². The number of ether oxygens (including phenoxy) is 1. The Morgan fingerprint density at radius 2 is 2.29 bits per heavy atom. The third-order valence-corrected chi connectivity index (χ3v) is 3.22. The van der Waals surface area contributed by atoms with Gasteiger partial charge in [0, 0.05) is 12.1 Å². The fraction of sp³-hybridized carbons (Fsp3) is 0.308. The van der Waals surface area contributed by atoms with E-state index in [2.05, 4.69) is 23.3 Å². The molecule has 0 amide bonds. The highest BCUT2D eigenvalue weighted by molar-refractivity contribution is 5.69. The number of oxazole rings is 1. The van der Waals surface area contributed by atoms with Crippen LogP contribution in [0.3, 0.4) is 0 Å². The molecule has 0 saturated carbocycles. The Labute approximate surface area is 99.6 Å². The molecule has 88 valence electrons. The minimum atomic E-state index is 0.0291. The van der Waals surface area contributed by atoms with Gasteiger partial charge >= 0.3 is 0 Å². The van der Waals surface area contributed by atoms with Crippen molar-refractivity contribution in [1.29, 1.82) is 0 Å². The maximum absolute atomic E-state index is 5.54. The standard InChI is InChI=1S/C13H14N2O2/c1-13(7-15-13)10-5-3-4-9(12(10)16-2)11-6-14-8-17-11/h3-6,8,15H,7H2,1-2H3. The first-order chi connectivity index (χ1) is 8.24. The number of para-hydroxylation sites is 1. The molecule has 17 heavy (non-hydrogen) atoms. The summed E-state index contributed by atoms with van der Waals surface area (Å²) in [4.78, 5) is 3.94. The molecule has 0 radical (unpaired) electrons. The molecular weight excluding hydrogens is 216 g/mol. The lowest BCUT2D eigenvalue weighted by Crippen LogP contribution is -2.09. The lowest BCUT2D eigenvalue weighted by Gasteiger charge is -2.15. The van der Waals surface area contributed by atoms with Gasteiger partial charge in [-0.2, -0.15) is 0 Å². The SMILES string of the molecule is COc1c(-c2cnco2)cccc1C1(C)CN1. The van der Waals surface area contributed by atoms with Gasteiger partial charge in [-0.15, -0.1) is 0 Å². The van der Waals surface area contributed by atoms with Crippen molar-refractivity contribution in [3.05, 3.63) is 36.4 Å². The minimum Gasteiger partial charge on any atom is -0.496 e. The molecule has 1 aliphatic heterocycles. The molecule has 1 fully saturated rings. The van der Waals surface area contributed by atoms with Crippen molar-refractivity contribution in [1.82, 2.24) is 10.3 Å². The predicted molar refractivity (Wildman–Crippen MR) is 63.8 cm³/mol. The highest BCUT2D eigenvalue weighted by Crippen LogP contribution is 2.41. The summed E-state index contributed by atoms with van der Waals surface area (Å²) >= 11 is 0. The van der Waals surface area contributed by atoms with Crippen LogP contribution in [-0.4, -0.2) is 18.6 Å². The summed E-state index contributed by atoms with van der Waals surface area (Å²) < 4.78 is 10.9. The molecule has 2 heterocycles. The summed E-state index contributed by atoms with van der Waals surface area (Å²) in [5.74, 6) is 1.59. The van der Waals surface area contributed by atoms with Crippen molar-refractivity contribution in [2.24, 2.45) is 0 Å². The van der Waals surface area contributed by atoms with E-state index in [1.54, 1.807) is 13.3 Å². The van der Waals surface area contributed by atoms with Crippen molar-refractivity contribution < 1.29 is 9.15 Å². The number of benzene rings is 1. The van der Waals surface area contributed by atoms with Gasteiger partial charge in [-0.3, -0.25) is 0 Å². The molecular formula is C13H14N2O2. The second-order valence-corrected chi connectivity index (χ2v) is 4.44. The molecule has 1 aliphatic rings. The van der Waals surface area contributed by atoms with Crippen LogP contribution < -0.4 is 10.1 Å². The normalized spacial score (nSPS) is 22.5. The first-order valence-corrected chi connectivity index (χ1v) is 5.56. The maximum Gasteiger partial charge on any atom is 0.181 e. The third-order valence-electron chi connectivity index (χ3n) is 3.22. The van der Waals surface area contributed by atoms with Crippen molar-refractivity contribution in [2.75, 3.05) is 13.7 Å². The van der Waals surface area contributed by atoms with Gasteiger partial charge in [0.2, 0.25) is 0 Å². The fourth-order valence-corrected chi connectivity index (χ4v) is 2.06. The van der Waals surface area contributed by atoms with Crippen molar-refractivity contribution >= 4 is 0 Å². The van der Waals surface area contributed by atoms with E-state index >= 15 is 0 Å². The molecule has 0 aliphatic carbocycles. The molecule has 4 nitrogen and oxygen atoms in total. The average molecular weight is 230 g/mol. The smallest absolute Gasteiger partial charge is 0.181 e. The van der Waals surface area contributed by atoms with Crippen molar-refractivity contribution in [2.45, 2.75) is 12.5 Å². The number of methoxy groups -OCH3 is 1. The number of aromatic nitrogens is 1. The largest absolute Gasteiger partial charge is 0.496 e. The van der Waals surface area contributed by atoms with E-state index in [9.17, 15) is 0 Å². The zero-order valence-electron chi connectivity index (χ0n) is 9.86. The van der Waals surface area contributed by atoms with Gasteiger partial charge in [-0.25, -0.2) is 4.98 Å². The number of nitrogens with zero attached hydrogens (tertiary/aromatic N) is 1. The number of hydrogen-bond acceptors (Lipinski definition) is 4. The van der Waals surface area contributed by atoms with Crippen LogP contribution in [0.4, 0.5) is 0 Å². The molecule has 0 spiro atoms. The average Bonchev–Trinajstić information content (AvgIpc) is 2.91. The molecule has 1 aromatic heterocycles. The summed E-state index contributed by atoms with van der Waals surface area (Å²) in [6.07, 6.45) is 3.13. The minimum absolute atomic E-state index is 0.0291. The lowest BCUT2D eigenvalue weighted by atomic mass is 9.96. The maximum atomic E-state index is 5.54. The molecule has 1 saturated heterocycles. The lowest BCUT2D eigenvalue weighted by molar-refractivity contribution is 0.405. The second-order valence-electron chi connectivity index (χ2n) is 4.44. The summed E-state index contributed by atoms with van der Waals surface area (Å²) in [5.41, 5.74) is 2.13. The Morgan fingerprint density at radius 1 is 1.47 bits per heavy atom. The van der Waals surface area contributed by atoms with Gasteiger partial charge in [0.25, 0.3) is 0 Å². The quantitative estimate of drug-likeness (QED) is 0.821. The Balaban J connectivity index is 2.16. The molecule has 3 rings (SSSR count). The van der Waals surface area contributed by atoms with Gasteiger partial charge in [-0.05, 0) is 13.0 Å². The van der Waals surface area contributed by atoms with Crippen molar-refractivity contribution in [3.8, 4) is 17.1 Å². The van der Waals surface area contributed by atoms with E-state index in [0.717, 1.165) is 29.2 Å². The monoisotopic (exact) mass is 230 g/mol. The van der Waals surface area contributed by atoms with E-state index in [4.69, 9.17) is 9.15 Å². The van der Waals surface area contributed by atoms with Crippen LogP contribution in [0.1, 0.15) is 12.5 Å². The Morgan fingerprint density at radius 3 is 2.88 bits per heavy atom. The fourth-order valence-electron chi connectivity index (χ4n) is 2.06. The topological polar surface area (TPSA) is 57.2 Å². The molecule has 1 atom stereocenters. The van der Waals surface area contributed by atoms with Crippen LogP contribution in [0.2, 0.25) is 0 Å².